The van der Waals surface area contributed by atoms with Crippen molar-refractivity contribution < 1.29 is 14.1 Å². The molecule has 0 aromatic carbocycles. The number of rotatable bonds is 5. The molecule has 2 rings (SSSR count). The molecule has 0 unspecified atom stereocenters. The molecule has 0 saturated carbocycles. The highest BCUT2D eigenvalue weighted by molar-refractivity contribution is 5.69. The van der Waals surface area contributed by atoms with Crippen LogP contribution in [-0.2, 0) is 9.53 Å². The molecule has 7 heteroatoms. The van der Waals surface area contributed by atoms with Crippen molar-refractivity contribution in [3.63, 3.8) is 0 Å². The quantitative estimate of drug-likeness (QED) is 0.736. The fourth-order valence-electron chi connectivity index (χ4n) is 1.52. The van der Waals surface area contributed by atoms with Gasteiger partial charge in [0.2, 0.25) is 5.89 Å². The molecule has 7 nitrogen and oxygen atoms in total. The average molecular weight is 240 g/mol. The average Bonchev–Trinajstić information content (AvgIpc) is 2.72. The summed E-state index contributed by atoms with van der Waals surface area (Å²) in [6.07, 6.45) is 1.84. The minimum Gasteiger partial charge on any atom is -0.469 e. The molecule has 17 heavy (non-hydrogen) atoms. The van der Waals surface area contributed by atoms with Crippen LogP contribution < -0.4 is 10.6 Å². The molecule has 0 aliphatic carbocycles. The van der Waals surface area contributed by atoms with E-state index >= 15 is 0 Å². The van der Waals surface area contributed by atoms with E-state index in [0.717, 1.165) is 19.5 Å². The minimum absolute atomic E-state index is 0.249. The first-order chi connectivity index (χ1) is 8.20. The summed E-state index contributed by atoms with van der Waals surface area (Å²) in [5, 5.41) is 3.85. The number of hydrogen-bond acceptors (Lipinski definition) is 7. The maximum absolute atomic E-state index is 11.0. The number of hydrogen-bond donors (Lipinski definition) is 1. The Balaban J connectivity index is 1.87. The predicted octanol–water partition coefficient (Wildman–Crippen LogP) is 0.233. The van der Waals surface area contributed by atoms with Gasteiger partial charge in [0, 0.05) is 19.5 Å². The summed E-state index contributed by atoms with van der Waals surface area (Å²) in [5.41, 5.74) is 5.85. The molecule has 1 saturated heterocycles. The molecule has 1 aliphatic heterocycles. The number of carbonyl (C=O) groups is 1. The van der Waals surface area contributed by atoms with Crippen LogP contribution in [0.5, 0.6) is 0 Å². The molecule has 2 heterocycles. The minimum atomic E-state index is -0.420. The van der Waals surface area contributed by atoms with Gasteiger partial charge in [-0.1, -0.05) is 0 Å². The topological polar surface area (TPSA) is 94.5 Å². The van der Waals surface area contributed by atoms with Crippen LogP contribution in [0.2, 0.25) is 0 Å². The second kappa shape index (κ2) is 5.13. The van der Waals surface area contributed by atoms with Crippen LogP contribution in [0.4, 0.5) is 5.95 Å². The van der Waals surface area contributed by atoms with Crippen molar-refractivity contribution >= 4 is 11.9 Å². The first-order valence-corrected chi connectivity index (χ1v) is 5.61. The van der Waals surface area contributed by atoms with E-state index in [1.165, 1.54) is 7.11 Å². The fraction of sp³-hybridized carbons (Fsp3) is 0.700. The zero-order valence-corrected chi connectivity index (χ0v) is 9.76. The number of nitrogens with two attached hydrogens (primary N) is 1. The standard InChI is InChI=1S/C10H16N4O3/c1-16-8(15)4-3-7(11)9-12-10(13-17-9)14-5-2-6-14/h7H,2-6,11H2,1H3/t7-/m0/s1. The van der Waals surface area contributed by atoms with Crippen molar-refractivity contribution in [3.8, 4) is 0 Å². The lowest BCUT2D eigenvalue weighted by Crippen LogP contribution is -2.37. The van der Waals surface area contributed by atoms with Crippen LogP contribution in [0.3, 0.4) is 0 Å². The van der Waals surface area contributed by atoms with Crippen molar-refractivity contribution in [1.29, 1.82) is 0 Å². The normalized spacial score (nSPS) is 16.5. The Morgan fingerprint density at radius 3 is 3.00 bits per heavy atom. The smallest absolute Gasteiger partial charge is 0.305 e. The zero-order valence-electron chi connectivity index (χ0n) is 9.76. The van der Waals surface area contributed by atoms with Gasteiger partial charge < -0.3 is 19.9 Å². The van der Waals surface area contributed by atoms with Crippen LogP contribution in [0.1, 0.15) is 31.2 Å². The molecule has 2 N–H and O–H groups in total. The number of esters is 1. The molecular weight excluding hydrogens is 224 g/mol. The summed E-state index contributed by atoms with van der Waals surface area (Å²) in [4.78, 5) is 17.2. The number of nitrogens with zero attached hydrogens (tertiary/aromatic N) is 3. The highest BCUT2D eigenvalue weighted by Crippen LogP contribution is 2.20. The molecule has 1 atom stereocenters. The van der Waals surface area contributed by atoms with E-state index in [9.17, 15) is 4.79 Å². The third kappa shape index (κ3) is 2.73. The van der Waals surface area contributed by atoms with Gasteiger partial charge in [-0.15, -0.1) is 0 Å². The predicted molar refractivity (Wildman–Crippen MR) is 59.3 cm³/mol. The first kappa shape index (κ1) is 11.8. The Morgan fingerprint density at radius 1 is 1.65 bits per heavy atom. The maximum atomic E-state index is 11.0. The van der Waals surface area contributed by atoms with Gasteiger partial charge in [0.05, 0.1) is 13.2 Å². The lowest BCUT2D eigenvalue weighted by atomic mass is 10.2. The van der Waals surface area contributed by atoms with E-state index in [0.29, 0.717) is 18.3 Å². The van der Waals surface area contributed by atoms with Crippen LogP contribution in [0.15, 0.2) is 4.52 Å². The van der Waals surface area contributed by atoms with Crippen molar-refractivity contribution in [3.05, 3.63) is 5.89 Å². The zero-order chi connectivity index (χ0) is 12.3. The maximum Gasteiger partial charge on any atom is 0.305 e. The lowest BCUT2D eigenvalue weighted by Gasteiger charge is -2.28. The molecule has 0 bridgehead atoms. The van der Waals surface area contributed by atoms with Crippen molar-refractivity contribution in [1.82, 2.24) is 10.1 Å². The second-order valence-electron chi connectivity index (χ2n) is 3.99. The first-order valence-electron chi connectivity index (χ1n) is 5.61. The number of carbonyl (C=O) groups excluding carboxylic acids is 1. The summed E-state index contributed by atoms with van der Waals surface area (Å²) < 4.78 is 9.61. The Kier molecular flexibility index (Phi) is 3.58. The molecule has 0 radical (unpaired) electrons. The largest absolute Gasteiger partial charge is 0.469 e. The second-order valence-corrected chi connectivity index (χ2v) is 3.99. The Bertz CT molecular complexity index is 389. The van der Waals surface area contributed by atoms with Crippen LogP contribution in [-0.4, -0.2) is 36.3 Å². The Morgan fingerprint density at radius 2 is 2.41 bits per heavy atom. The third-order valence-corrected chi connectivity index (χ3v) is 2.77. The summed E-state index contributed by atoms with van der Waals surface area (Å²) in [6.45, 7) is 1.91. The van der Waals surface area contributed by atoms with Crippen molar-refractivity contribution in [2.24, 2.45) is 5.73 Å². The highest BCUT2D eigenvalue weighted by Gasteiger charge is 2.22. The van der Waals surface area contributed by atoms with Gasteiger partial charge in [-0.3, -0.25) is 4.79 Å². The van der Waals surface area contributed by atoms with Crippen LogP contribution in [0, 0.1) is 0 Å². The van der Waals surface area contributed by atoms with Crippen molar-refractivity contribution in [2.45, 2.75) is 25.3 Å². The number of aromatic nitrogens is 2. The fourth-order valence-corrected chi connectivity index (χ4v) is 1.52. The van der Waals surface area contributed by atoms with Gasteiger partial charge in [-0.05, 0) is 18.0 Å². The van der Waals surface area contributed by atoms with E-state index < -0.39 is 6.04 Å². The molecule has 1 aliphatic rings. The van der Waals surface area contributed by atoms with Gasteiger partial charge in [0.25, 0.3) is 5.95 Å². The van der Waals surface area contributed by atoms with Gasteiger partial charge in [0.15, 0.2) is 0 Å². The molecule has 94 valence electrons. The summed E-state index contributed by atoms with van der Waals surface area (Å²) in [6, 6.07) is -0.420. The van der Waals surface area contributed by atoms with E-state index in [2.05, 4.69) is 14.9 Å². The van der Waals surface area contributed by atoms with E-state index in [1.54, 1.807) is 0 Å². The highest BCUT2D eigenvalue weighted by atomic mass is 16.5. The molecule has 0 spiro atoms. The molecule has 1 aromatic heterocycles. The molecule has 0 amide bonds. The SMILES string of the molecule is COC(=O)CC[C@H](N)c1nc(N2CCC2)no1. The summed E-state index contributed by atoms with van der Waals surface area (Å²) >= 11 is 0. The van der Waals surface area contributed by atoms with Crippen LogP contribution >= 0.6 is 0 Å². The lowest BCUT2D eigenvalue weighted by molar-refractivity contribution is -0.140. The summed E-state index contributed by atoms with van der Waals surface area (Å²) in [5.74, 6) is 0.665. The third-order valence-electron chi connectivity index (χ3n) is 2.77. The number of anilines is 1. The van der Waals surface area contributed by atoms with Gasteiger partial charge >= 0.3 is 5.97 Å². The van der Waals surface area contributed by atoms with Gasteiger partial charge in [-0.25, -0.2) is 0 Å². The Labute approximate surface area is 98.9 Å². The van der Waals surface area contributed by atoms with E-state index in [-0.39, 0.29) is 12.4 Å². The Hall–Kier alpha value is -1.63. The van der Waals surface area contributed by atoms with E-state index in [1.807, 2.05) is 4.90 Å². The molecule has 1 fully saturated rings. The molecule has 1 aromatic rings. The summed E-state index contributed by atoms with van der Waals surface area (Å²) in [7, 11) is 1.35. The number of methoxy groups -OCH3 is 1. The van der Waals surface area contributed by atoms with Gasteiger partial charge in [-0.2, -0.15) is 4.98 Å². The molecular formula is C10H16N4O3. The van der Waals surface area contributed by atoms with Gasteiger partial charge in [0.1, 0.15) is 0 Å². The monoisotopic (exact) mass is 240 g/mol. The van der Waals surface area contributed by atoms with Crippen LogP contribution in [0.25, 0.3) is 0 Å². The van der Waals surface area contributed by atoms with E-state index in [4.69, 9.17) is 10.3 Å². The number of ether oxygens (including phenoxy) is 1. The van der Waals surface area contributed by atoms with Crippen molar-refractivity contribution in [2.75, 3.05) is 25.1 Å².